The third-order valence-electron chi connectivity index (χ3n) is 5.18. The van der Waals surface area contributed by atoms with E-state index in [1.54, 1.807) is 0 Å². The van der Waals surface area contributed by atoms with Crippen LogP contribution in [0.1, 0.15) is 38.8 Å². The Morgan fingerprint density at radius 2 is 1.77 bits per heavy atom. The molecular weight excluding hydrogens is 285 g/mol. The summed E-state index contributed by atoms with van der Waals surface area (Å²) in [4.78, 5) is 3.94. The average molecular weight is 309 g/mol. The van der Waals surface area contributed by atoms with Crippen LogP contribution in [0.4, 0.5) is 0 Å². The second-order valence-electron chi connectivity index (χ2n) is 8.25. The summed E-state index contributed by atoms with van der Waals surface area (Å²) in [7, 11) is -1.79. The molecule has 1 heterocycles. The maximum atomic E-state index is 5.62. The molecule has 1 aromatic rings. The number of hydrogen-bond acceptors (Lipinski definition) is 3. The Balaban J connectivity index is 2.11. The fourth-order valence-corrected chi connectivity index (χ4v) is 8.07. The first-order valence-electron chi connectivity index (χ1n) is 7.97. The van der Waals surface area contributed by atoms with Crippen molar-refractivity contribution in [1.29, 1.82) is 0 Å². The van der Waals surface area contributed by atoms with E-state index >= 15 is 0 Å². The topological polar surface area (TPSA) is 30.5 Å². The molecule has 0 fully saturated rings. The monoisotopic (exact) mass is 309 g/mol. The van der Waals surface area contributed by atoms with Gasteiger partial charge in [-0.1, -0.05) is 0 Å². The summed E-state index contributed by atoms with van der Waals surface area (Å²) in [5.74, 6) is 1.75. The van der Waals surface area contributed by atoms with E-state index in [1.165, 1.54) is 16.7 Å². The molecule has 3 rings (SSSR count). The summed E-state index contributed by atoms with van der Waals surface area (Å²) in [6.07, 6.45) is 2.32. The summed E-state index contributed by atoms with van der Waals surface area (Å²) in [5.41, 5.74) is 4.20. The van der Waals surface area contributed by atoms with Gasteiger partial charge in [-0.15, -0.1) is 0 Å². The van der Waals surface area contributed by atoms with Crippen LogP contribution in [0.2, 0.25) is 13.1 Å². The molecular formula is C17H24LiNO2Si. The maximum absolute atomic E-state index is 5.62. The first-order valence-corrected chi connectivity index (χ1v) is 11.0. The van der Waals surface area contributed by atoms with E-state index in [4.69, 9.17) is 9.47 Å². The number of benzene rings is 1. The molecule has 1 unspecified atom stereocenters. The van der Waals surface area contributed by atoms with Gasteiger partial charge in [0.2, 0.25) is 0 Å². The molecule has 3 nitrogen and oxygen atoms in total. The first-order chi connectivity index (χ1) is 10.0. The van der Waals surface area contributed by atoms with Crippen LogP contribution < -0.4 is 14.5 Å². The van der Waals surface area contributed by atoms with Gasteiger partial charge in [-0.25, -0.2) is 0 Å². The van der Waals surface area contributed by atoms with Crippen molar-refractivity contribution in [3.8, 4) is 11.5 Å². The number of allylic oxidation sites excluding steroid dienone is 1. The zero-order chi connectivity index (χ0) is 16.3. The van der Waals surface area contributed by atoms with Gasteiger partial charge in [-0.2, -0.15) is 0 Å². The van der Waals surface area contributed by atoms with E-state index < -0.39 is 8.24 Å². The summed E-state index contributed by atoms with van der Waals surface area (Å²) in [6, 6.07) is 4.33. The molecule has 0 bridgehead atoms. The van der Waals surface area contributed by atoms with E-state index in [2.05, 4.69) is 81.7 Å². The standard InChI is InChI=1S/C17H24NO2Si.Li/c1-11-7-12-8-14-15(20-10-19-14)9-13(12)16(11)21(5,6)18-17(2,3)4;/h7-9,18H,10H2,1-6H3;. The molecule has 2 aliphatic rings. The molecule has 0 radical (unpaired) electrons. The van der Waals surface area contributed by atoms with Crippen molar-refractivity contribution in [2.75, 3.05) is 6.79 Å². The van der Waals surface area contributed by atoms with Crippen LogP contribution >= 0.6 is 0 Å². The van der Waals surface area contributed by atoms with Crippen molar-refractivity contribution >= 4 is 32.0 Å². The van der Waals surface area contributed by atoms with E-state index in [0.717, 1.165) is 11.5 Å². The molecule has 114 valence electrons. The number of ether oxygens (including phenoxy) is 2. The van der Waals surface area contributed by atoms with Crippen molar-refractivity contribution < 1.29 is 9.47 Å². The van der Waals surface area contributed by atoms with Crippen LogP contribution in [0.5, 0.6) is 11.5 Å². The Hall–Kier alpha value is -0.666. The SMILES string of the molecule is [Li][C]1([Si](C)(C)NC(C)(C)C)C(C)=Cc2cc3c(cc21)OCO3. The zero-order valence-corrected chi connectivity index (χ0v) is 15.8. The van der Waals surface area contributed by atoms with Crippen LogP contribution in [-0.4, -0.2) is 38.3 Å². The number of fused-ring (bicyclic) bond motifs is 2. The minimum absolute atomic E-state index is 0.0522. The Labute approximate surface area is 143 Å². The summed E-state index contributed by atoms with van der Waals surface area (Å²) < 4.78 is 11.2. The zero-order valence-electron chi connectivity index (χ0n) is 14.8. The van der Waals surface area contributed by atoms with Gasteiger partial charge < -0.3 is 0 Å². The molecule has 5 heteroatoms. The van der Waals surface area contributed by atoms with E-state index in [1.807, 2.05) is 0 Å². The average Bonchev–Trinajstić information content (AvgIpc) is 2.89. The third-order valence-corrected chi connectivity index (χ3v) is 9.72. The van der Waals surface area contributed by atoms with Gasteiger partial charge in [0.1, 0.15) is 0 Å². The Kier molecular flexibility index (Phi) is 3.62. The minimum atomic E-state index is -1.79. The van der Waals surface area contributed by atoms with Gasteiger partial charge in [0, 0.05) is 0 Å². The molecule has 1 aliphatic heterocycles. The molecule has 0 saturated heterocycles. The van der Waals surface area contributed by atoms with Crippen LogP contribution in [0, 0.1) is 0 Å². The van der Waals surface area contributed by atoms with Crippen molar-refractivity contribution in [2.24, 2.45) is 0 Å². The molecule has 0 aromatic heterocycles. The fourth-order valence-electron chi connectivity index (χ4n) is 3.99. The molecule has 0 spiro atoms. The van der Waals surface area contributed by atoms with Gasteiger partial charge in [0.25, 0.3) is 0 Å². The van der Waals surface area contributed by atoms with Crippen LogP contribution in [0.25, 0.3) is 6.08 Å². The summed E-state index contributed by atoms with van der Waals surface area (Å²) in [6.45, 7) is 14.2. The van der Waals surface area contributed by atoms with Crippen molar-refractivity contribution in [3.63, 3.8) is 0 Å². The van der Waals surface area contributed by atoms with Gasteiger partial charge in [-0.3, -0.25) is 0 Å². The van der Waals surface area contributed by atoms with Gasteiger partial charge in [0.05, 0.1) is 0 Å². The van der Waals surface area contributed by atoms with Crippen LogP contribution in [-0.2, 0) is 3.71 Å². The van der Waals surface area contributed by atoms with Crippen molar-refractivity contribution in [3.05, 3.63) is 28.8 Å². The quantitative estimate of drug-likeness (QED) is 0.850. The number of nitrogens with one attached hydrogen (secondary N) is 1. The predicted octanol–water partition coefficient (Wildman–Crippen LogP) is 3.33. The molecule has 1 atom stereocenters. The summed E-state index contributed by atoms with van der Waals surface area (Å²) >= 11 is 2.39. The van der Waals surface area contributed by atoms with E-state index in [-0.39, 0.29) is 9.25 Å². The van der Waals surface area contributed by atoms with E-state index in [0.29, 0.717) is 6.79 Å². The predicted molar refractivity (Wildman–Crippen MR) is 94.0 cm³/mol. The molecule has 22 heavy (non-hydrogen) atoms. The van der Waals surface area contributed by atoms with Gasteiger partial charge in [0.15, 0.2) is 0 Å². The second-order valence-corrected chi connectivity index (χ2v) is 12.7. The first kappa shape index (κ1) is 16.2. The van der Waals surface area contributed by atoms with Crippen LogP contribution in [0.15, 0.2) is 17.7 Å². The summed E-state index contributed by atoms with van der Waals surface area (Å²) in [5, 5.41) is 0. The van der Waals surface area contributed by atoms with Crippen molar-refractivity contribution in [1.82, 2.24) is 4.98 Å². The molecule has 1 N–H and O–H groups in total. The Morgan fingerprint density at radius 3 is 2.36 bits per heavy atom. The number of rotatable bonds is 2. The molecule has 1 aliphatic carbocycles. The fraction of sp³-hybridized carbons (Fsp3) is 0.529. The van der Waals surface area contributed by atoms with E-state index in [9.17, 15) is 0 Å². The molecule has 1 aromatic carbocycles. The Morgan fingerprint density at radius 1 is 1.18 bits per heavy atom. The molecule has 0 saturated carbocycles. The van der Waals surface area contributed by atoms with Gasteiger partial charge >= 0.3 is 144 Å². The second kappa shape index (κ2) is 4.91. The number of hydrogen-bond donors (Lipinski definition) is 1. The Bertz CT molecular complexity index is 663. The third kappa shape index (κ3) is 2.37. The van der Waals surface area contributed by atoms with Crippen LogP contribution in [0.3, 0.4) is 0 Å². The van der Waals surface area contributed by atoms with Crippen molar-refractivity contribution in [2.45, 2.75) is 50.0 Å². The normalized spacial score (nSPS) is 23.5. The van der Waals surface area contributed by atoms with Gasteiger partial charge in [-0.05, 0) is 0 Å². The molecule has 0 amide bonds.